The first-order chi connectivity index (χ1) is 23.2. The van der Waals surface area contributed by atoms with Gasteiger partial charge in [0.05, 0.1) is 22.8 Å². The van der Waals surface area contributed by atoms with E-state index >= 15 is 0 Å². The van der Waals surface area contributed by atoms with E-state index in [1.165, 1.54) is 12.1 Å². The highest BCUT2D eigenvalue weighted by molar-refractivity contribution is 5.87. The molecule has 1 atom stereocenters. The van der Waals surface area contributed by atoms with E-state index in [0.29, 0.717) is 0 Å². The highest BCUT2D eigenvalue weighted by Gasteiger charge is 2.44. The summed E-state index contributed by atoms with van der Waals surface area (Å²) in [5.74, 6) is -0.531. The Hall–Kier alpha value is -5.56. The summed E-state index contributed by atoms with van der Waals surface area (Å²) in [6.07, 6.45) is 13.3. The number of carbonyl (C=O) groups excluding carboxylic acids is 1. The second-order valence-corrected chi connectivity index (χ2v) is 13.2. The summed E-state index contributed by atoms with van der Waals surface area (Å²) in [4.78, 5) is 17.1. The third-order valence-corrected chi connectivity index (χ3v) is 9.02. The van der Waals surface area contributed by atoms with Crippen molar-refractivity contribution in [2.24, 2.45) is 11.3 Å². The quantitative estimate of drug-likeness (QED) is 0.156. The molecule has 2 heterocycles. The first-order valence-corrected chi connectivity index (χ1v) is 16.2. The molecule has 1 aliphatic carbocycles. The normalized spacial score (nSPS) is 14.8. The molecule has 2 aromatic heterocycles. The third kappa shape index (κ3) is 5.66. The van der Waals surface area contributed by atoms with Crippen molar-refractivity contribution in [1.29, 1.82) is 0 Å². The first-order valence-electron chi connectivity index (χ1n) is 16.2. The van der Waals surface area contributed by atoms with Crippen LogP contribution in [0.2, 0.25) is 0 Å². The largest absolute Gasteiger partial charge is 0.443 e. The fourth-order valence-electron chi connectivity index (χ4n) is 6.57. The van der Waals surface area contributed by atoms with Crippen LogP contribution in [-0.2, 0) is 21.8 Å². The average Bonchev–Trinajstić information content (AvgIpc) is 3.74. The van der Waals surface area contributed by atoms with Crippen molar-refractivity contribution in [3.63, 3.8) is 0 Å². The van der Waals surface area contributed by atoms with Crippen LogP contribution in [0.25, 0.3) is 33.4 Å². The van der Waals surface area contributed by atoms with E-state index in [-0.39, 0.29) is 24.4 Å². The minimum absolute atomic E-state index is 0.0510. The molecular formula is C41H37FN4O2. The average molecular weight is 637 g/mol. The predicted molar refractivity (Wildman–Crippen MR) is 187 cm³/mol. The van der Waals surface area contributed by atoms with Gasteiger partial charge in [0.15, 0.2) is 6.73 Å². The molecule has 0 spiro atoms. The molecule has 0 aliphatic heterocycles. The Morgan fingerprint density at radius 3 is 2.17 bits per heavy atom. The summed E-state index contributed by atoms with van der Waals surface area (Å²) < 4.78 is 23.7. The van der Waals surface area contributed by atoms with Crippen molar-refractivity contribution in [2.75, 3.05) is 0 Å². The molecule has 6 nitrogen and oxygen atoms in total. The number of rotatable bonds is 8. The van der Waals surface area contributed by atoms with E-state index < -0.39 is 11.0 Å². The highest BCUT2D eigenvalue weighted by Crippen LogP contribution is 2.46. The number of hydrogen-bond acceptors (Lipinski definition) is 4. The first kappa shape index (κ1) is 31.1. The molecule has 4 aromatic carbocycles. The summed E-state index contributed by atoms with van der Waals surface area (Å²) in [6, 6.07) is 33.6. The van der Waals surface area contributed by atoms with Crippen LogP contribution < -0.4 is 0 Å². The van der Waals surface area contributed by atoms with Crippen LogP contribution >= 0.6 is 0 Å². The van der Waals surface area contributed by atoms with E-state index in [1.807, 2.05) is 55.7 Å². The van der Waals surface area contributed by atoms with Gasteiger partial charge in [-0.3, -0.25) is 14.0 Å². The van der Waals surface area contributed by atoms with Gasteiger partial charge in [0.1, 0.15) is 17.1 Å². The number of nitrogens with zero attached hydrogens (tertiary/aromatic N) is 4. The van der Waals surface area contributed by atoms with Crippen LogP contribution in [0.1, 0.15) is 38.3 Å². The van der Waals surface area contributed by atoms with Gasteiger partial charge in [-0.2, -0.15) is 5.10 Å². The van der Waals surface area contributed by atoms with E-state index in [1.54, 1.807) is 18.5 Å². The standard InChI is InChI=1S/C41H37FN4O2/c1-40(2,3)39(47)48-28-45-27-43-36-25-30(21-24-37(36)45)35-26-46(44-38(35)29-19-22-34(42)23-20-29)41(31-13-7-4-8-14-31,32-15-9-5-10-16-32)33-17-11-6-12-18-33/h4-17,19-27,33H,18,28H2,1-3H3. The van der Waals surface area contributed by atoms with Gasteiger partial charge in [-0.15, -0.1) is 0 Å². The van der Waals surface area contributed by atoms with E-state index in [9.17, 15) is 9.18 Å². The van der Waals surface area contributed by atoms with Crippen LogP contribution in [0, 0.1) is 17.2 Å². The number of allylic oxidation sites excluding steroid dienone is 4. The summed E-state index contributed by atoms with van der Waals surface area (Å²) >= 11 is 0. The SMILES string of the molecule is CC(C)(C)C(=O)OCn1cnc2cc(-c3cn(C(c4ccccc4)(c4ccccc4)C4C=CC=CC4)nc3-c3ccc(F)cc3)ccc21. The van der Waals surface area contributed by atoms with Crippen LogP contribution in [0.15, 0.2) is 140 Å². The number of aromatic nitrogens is 4. The van der Waals surface area contributed by atoms with Gasteiger partial charge in [-0.1, -0.05) is 91.0 Å². The second kappa shape index (κ2) is 12.6. The van der Waals surface area contributed by atoms with Gasteiger partial charge in [0.2, 0.25) is 0 Å². The molecule has 0 fully saturated rings. The minimum Gasteiger partial charge on any atom is -0.443 e. The maximum atomic E-state index is 14.2. The number of esters is 1. The van der Waals surface area contributed by atoms with Gasteiger partial charge in [0.25, 0.3) is 0 Å². The molecule has 0 N–H and O–H groups in total. The number of imidazole rings is 1. The minimum atomic E-state index is -0.695. The van der Waals surface area contributed by atoms with Crippen molar-refractivity contribution < 1.29 is 13.9 Å². The molecular weight excluding hydrogens is 599 g/mol. The molecule has 7 heteroatoms. The Labute approximate surface area is 279 Å². The van der Waals surface area contributed by atoms with Crippen molar-refractivity contribution in [2.45, 2.75) is 39.5 Å². The van der Waals surface area contributed by atoms with Crippen molar-refractivity contribution in [3.05, 3.63) is 157 Å². The second-order valence-electron chi connectivity index (χ2n) is 13.2. The lowest BCUT2D eigenvalue weighted by atomic mass is 9.70. The maximum absolute atomic E-state index is 14.2. The van der Waals surface area contributed by atoms with E-state index in [4.69, 9.17) is 9.84 Å². The van der Waals surface area contributed by atoms with Gasteiger partial charge >= 0.3 is 5.97 Å². The molecule has 0 radical (unpaired) electrons. The van der Waals surface area contributed by atoms with Crippen LogP contribution in [-0.4, -0.2) is 25.3 Å². The Morgan fingerprint density at radius 2 is 1.54 bits per heavy atom. The van der Waals surface area contributed by atoms with Gasteiger partial charge < -0.3 is 4.74 Å². The number of halogens is 1. The molecule has 0 saturated heterocycles. The predicted octanol–water partition coefficient (Wildman–Crippen LogP) is 9.18. The fourth-order valence-corrected chi connectivity index (χ4v) is 6.57. The molecule has 1 aliphatic rings. The molecule has 1 unspecified atom stereocenters. The summed E-state index contributed by atoms with van der Waals surface area (Å²) in [5, 5.41) is 5.40. The Kier molecular flexibility index (Phi) is 8.13. The third-order valence-electron chi connectivity index (χ3n) is 9.02. The van der Waals surface area contributed by atoms with E-state index in [2.05, 4.69) is 88.7 Å². The Bertz CT molecular complexity index is 2080. The maximum Gasteiger partial charge on any atom is 0.312 e. The topological polar surface area (TPSA) is 61.9 Å². The lowest BCUT2D eigenvalue weighted by Crippen LogP contribution is -2.43. The number of fused-ring (bicyclic) bond motifs is 1. The lowest BCUT2D eigenvalue weighted by Gasteiger charge is -2.41. The monoisotopic (exact) mass is 636 g/mol. The molecule has 48 heavy (non-hydrogen) atoms. The number of benzene rings is 4. The Balaban J connectivity index is 1.42. The molecule has 7 rings (SSSR count). The van der Waals surface area contributed by atoms with Gasteiger partial charge in [0, 0.05) is 23.2 Å². The number of carbonyl (C=O) groups is 1. The van der Waals surface area contributed by atoms with Crippen LogP contribution in [0.4, 0.5) is 4.39 Å². The summed E-state index contributed by atoms with van der Waals surface area (Å²) in [6.45, 7) is 5.57. The molecule has 0 saturated carbocycles. The molecule has 0 amide bonds. The zero-order valence-corrected chi connectivity index (χ0v) is 27.3. The van der Waals surface area contributed by atoms with Crippen molar-refractivity contribution in [1.82, 2.24) is 19.3 Å². The molecule has 6 aromatic rings. The molecule has 0 bridgehead atoms. The molecule has 240 valence electrons. The van der Waals surface area contributed by atoms with Gasteiger partial charge in [-0.05, 0) is 80.3 Å². The zero-order valence-electron chi connectivity index (χ0n) is 27.3. The number of hydrogen-bond donors (Lipinski definition) is 0. The van der Waals surface area contributed by atoms with Gasteiger partial charge in [-0.25, -0.2) is 9.37 Å². The lowest BCUT2D eigenvalue weighted by molar-refractivity contribution is -0.156. The summed E-state index contributed by atoms with van der Waals surface area (Å²) in [5.41, 5.74) is 5.88. The van der Waals surface area contributed by atoms with E-state index in [0.717, 1.165) is 51.0 Å². The van der Waals surface area contributed by atoms with Crippen LogP contribution in [0.3, 0.4) is 0 Å². The number of ether oxygens (including phenoxy) is 1. The smallest absolute Gasteiger partial charge is 0.312 e. The Morgan fingerprint density at radius 1 is 0.875 bits per heavy atom. The summed E-state index contributed by atoms with van der Waals surface area (Å²) in [7, 11) is 0. The zero-order chi connectivity index (χ0) is 33.3. The fraction of sp³-hybridized carbons (Fsp3) is 0.195. The van der Waals surface area contributed by atoms with Crippen molar-refractivity contribution >= 4 is 17.0 Å². The van der Waals surface area contributed by atoms with Crippen molar-refractivity contribution in [3.8, 4) is 22.4 Å². The van der Waals surface area contributed by atoms with Crippen LogP contribution in [0.5, 0.6) is 0 Å². The highest BCUT2D eigenvalue weighted by atomic mass is 19.1.